The molecule has 0 aliphatic rings. The van der Waals surface area contributed by atoms with Gasteiger partial charge in [0.25, 0.3) is 5.91 Å². The van der Waals surface area contributed by atoms with E-state index in [-0.39, 0.29) is 12.5 Å². The van der Waals surface area contributed by atoms with E-state index in [4.69, 9.17) is 14.7 Å². The molecule has 0 heterocycles. The molecule has 5 heteroatoms. The van der Waals surface area contributed by atoms with Crippen LogP contribution in [0.4, 0.5) is 0 Å². The average Bonchev–Trinajstić information content (AvgIpc) is 2.36. The topological polar surface area (TPSA) is 71.3 Å². The zero-order valence-electron chi connectivity index (χ0n) is 9.77. The lowest BCUT2D eigenvalue weighted by atomic mass is 10.3. The van der Waals surface area contributed by atoms with Gasteiger partial charge in [0.2, 0.25) is 0 Å². The van der Waals surface area contributed by atoms with Crippen molar-refractivity contribution >= 4 is 5.91 Å². The Morgan fingerprint density at radius 1 is 1.47 bits per heavy atom. The highest BCUT2D eigenvalue weighted by Gasteiger charge is 2.08. The predicted octanol–water partition coefficient (Wildman–Crippen LogP) is 1.10. The molecule has 1 atom stereocenters. The monoisotopic (exact) mass is 234 g/mol. The van der Waals surface area contributed by atoms with Crippen LogP contribution >= 0.6 is 0 Å². The zero-order valence-corrected chi connectivity index (χ0v) is 9.77. The number of rotatable bonds is 5. The van der Waals surface area contributed by atoms with Gasteiger partial charge in [0.05, 0.1) is 13.2 Å². The molecule has 1 N–H and O–H groups in total. The molecule has 0 radical (unpaired) electrons. The second-order valence-corrected chi connectivity index (χ2v) is 3.36. The number of benzene rings is 1. The number of nitriles is 1. The molecule has 17 heavy (non-hydrogen) atoms. The van der Waals surface area contributed by atoms with E-state index in [2.05, 4.69) is 5.32 Å². The fraction of sp³-hybridized carbons (Fsp3) is 0.333. The Kier molecular flexibility index (Phi) is 4.82. The number of hydrogen-bond acceptors (Lipinski definition) is 4. The molecule has 90 valence electrons. The maximum atomic E-state index is 11.4. The maximum absolute atomic E-state index is 11.4. The van der Waals surface area contributed by atoms with E-state index in [9.17, 15) is 4.79 Å². The van der Waals surface area contributed by atoms with Crippen LogP contribution < -0.4 is 14.8 Å². The van der Waals surface area contributed by atoms with E-state index in [0.29, 0.717) is 11.5 Å². The minimum Gasteiger partial charge on any atom is -0.493 e. The highest BCUT2D eigenvalue weighted by Crippen LogP contribution is 2.25. The van der Waals surface area contributed by atoms with Crippen molar-refractivity contribution in [3.05, 3.63) is 24.3 Å². The number of nitrogens with one attached hydrogen (secondary N) is 1. The molecule has 1 rings (SSSR count). The molecule has 0 aliphatic carbocycles. The Labute approximate surface area is 100.0 Å². The summed E-state index contributed by atoms with van der Waals surface area (Å²) in [5.74, 6) is 0.716. The van der Waals surface area contributed by atoms with Gasteiger partial charge in [0, 0.05) is 0 Å². The molecule has 0 saturated carbocycles. The molecule has 1 aromatic carbocycles. The van der Waals surface area contributed by atoms with Crippen LogP contribution in [-0.2, 0) is 4.79 Å². The van der Waals surface area contributed by atoms with E-state index in [1.807, 2.05) is 12.1 Å². The average molecular weight is 234 g/mol. The molecule has 1 aromatic rings. The van der Waals surface area contributed by atoms with E-state index < -0.39 is 6.04 Å². The van der Waals surface area contributed by atoms with Crippen LogP contribution in [-0.4, -0.2) is 25.7 Å². The summed E-state index contributed by atoms with van der Waals surface area (Å²) in [7, 11) is 1.53. The molecule has 1 amide bonds. The SMILES string of the molecule is COc1ccccc1OCC(=O)NC(C)C#N. The number of para-hydroxylation sites is 2. The summed E-state index contributed by atoms with van der Waals surface area (Å²) in [6, 6.07) is 8.42. The van der Waals surface area contributed by atoms with Gasteiger partial charge in [-0.25, -0.2) is 0 Å². The third kappa shape index (κ3) is 4.03. The highest BCUT2D eigenvalue weighted by atomic mass is 16.5. The summed E-state index contributed by atoms with van der Waals surface area (Å²) in [5.41, 5.74) is 0. The van der Waals surface area contributed by atoms with Crippen LogP contribution in [0.15, 0.2) is 24.3 Å². The predicted molar refractivity (Wildman–Crippen MR) is 61.7 cm³/mol. The molecule has 5 nitrogen and oxygen atoms in total. The second kappa shape index (κ2) is 6.38. The summed E-state index contributed by atoms with van der Waals surface area (Å²) in [6.07, 6.45) is 0. The first-order valence-electron chi connectivity index (χ1n) is 5.12. The molecule has 0 aromatic heterocycles. The standard InChI is InChI=1S/C12H14N2O3/c1-9(7-13)14-12(15)8-17-11-6-4-3-5-10(11)16-2/h3-6,9H,8H2,1-2H3,(H,14,15). The van der Waals surface area contributed by atoms with Crippen molar-refractivity contribution < 1.29 is 14.3 Å². The lowest BCUT2D eigenvalue weighted by Gasteiger charge is -2.10. The van der Waals surface area contributed by atoms with Crippen LogP contribution in [0, 0.1) is 11.3 Å². The van der Waals surface area contributed by atoms with Gasteiger partial charge in [-0.1, -0.05) is 12.1 Å². The smallest absolute Gasteiger partial charge is 0.258 e. The number of carbonyl (C=O) groups is 1. The molecule has 0 spiro atoms. The summed E-state index contributed by atoms with van der Waals surface area (Å²) in [6.45, 7) is 1.45. The number of methoxy groups -OCH3 is 1. The van der Waals surface area contributed by atoms with Crippen molar-refractivity contribution in [2.75, 3.05) is 13.7 Å². The summed E-state index contributed by atoms with van der Waals surface area (Å²) >= 11 is 0. The molecule has 0 fully saturated rings. The Bertz CT molecular complexity index is 426. The quantitative estimate of drug-likeness (QED) is 0.828. The van der Waals surface area contributed by atoms with Crippen LogP contribution in [0.5, 0.6) is 11.5 Å². The van der Waals surface area contributed by atoms with Crippen LogP contribution in [0.3, 0.4) is 0 Å². The number of nitrogens with zero attached hydrogens (tertiary/aromatic N) is 1. The van der Waals surface area contributed by atoms with Gasteiger partial charge in [-0.3, -0.25) is 4.79 Å². The van der Waals surface area contributed by atoms with Gasteiger partial charge < -0.3 is 14.8 Å². The summed E-state index contributed by atoms with van der Waals surface area (Å²) < 4.78 is 10.4. The normalized spacial score (nSPS) is 11.1. The minimum absolute atomic E-state index is 0.146. The van der Waals surface area contributed by atoms with Crippen LogP contribution in [0.1, 0.15) is 6.92 Å². The Morgan fingerprint density at radius 3 is 2.71 bits per heavy atom. The largest absolute Gasteiger partial charge is 0.493 e. The van der Waals surface area contributed by atoms with Gasteiger partial charge >= 0.3 is 0 Å². The van der Waals surface area contributed by atoms with E-state index in [0.717, 1.165) is 0 Å². The van der Waals surface area contributed by atoms with Gasteiger partial charge in [-0.2, -0.15) is 5.26 Å². The van der Waals surface area contributed by atoms with Crippen molar-refractivity contribution in [1.82, 2.24) is 5.32 Å². The fourth-order valence-electron chi connectivity index (χ4n) is 1.20. The number of carbonyl (C=O) groups excluding carboxylic acids is 1. The van der Waals surface area contributed by atoms with Crippen molar-refractivity contribution in [2.24, 2.45) is 0 Å². The third-order valence-electron chi connectivity index (χ3n) is 2.00. The van der Waals surface area contributed by atoms with Gasteiger partial charge in [0.1, 0.15) is 6.04 Å². The molecule has 1 unspecified atom stereocenters. The van der Waals surface area contributed by atoms with E-state index >= 15 is 0 Å². The number of amides is 1. The number of hydrogen-bond donors (Lipinski definition) is 1. The second-order valence-electron chi connectivity index (χ2n) is 3.36. The highest BCUT2D eigenvalue weighted by molar-refractivity contribution is 5.78. The first-order chi connectivity index (χ1) is 8.17. The lowest BCUT2D eigenvalue weighted by Crippen LogP contribution is -2.35. The third-order valence-corrected chi connectivity index (χ3v) is 2.00. The van der Waals surface area contributed by atoms with Crippen LogP contribution in [0.25, 0.3) is 0 Å². The zero-order chi connectivity index (χ0) is 12.7. The van der Waals surface area contributed by atoms with Crippen LogP contribution in [0.2, 0.25) is 0 Å². The first-order valence-corrected chi connectivity index (χ1v) is 5.12. The van der Waals surface area contributed by atoms with Crippen molar-refractivity contribution in [1.29, 1.82) is 5.26 Å². The Morgan fingerprint density at radius 2 is 2.12 bits per heavy atom. The van der Waals surface area contributed by atoms with Crippen molar-refractivity contribution in [3.63, 3.8) is 0 Å². The van der Waals surface area contributed by atoms with Gasteiger partial charge in [0.15, 0.2) is 18.1 Å². The molecule has 0 aliphatic heterocycles. The minimum atomic E-state index is -0.524. The van der Waals surface area contributed by atoms with Gasteiger partial charge in [-0.15, -0.1) is 0 Å². The van der Waals surface area contributed by atoms with Gasteiger partial charge in [-0.05, 0) is 19.1 Å². The Balaban J connectivity index is 2.50. The van der Waals surface area contributed by atoms with Crippen molar-refractivity contribution in [2.45, 2.75) is 13.0 Å². The molecular formula is C12H14N2O3. The summed E-state index contributed by atoms with van der Waals surface area (Å²) in [4.78, 5) is 11.4. The maximum Gasteiger partial charge on any atom is 0.258 e. The van der Waals surface area contributed by atoms with E-state index in [1.54, 1.807) is 25.1 Å². The fourth-order valence-corrected chi connectivity index (χ4v) is 1.20. The molecule has 0 saturated heterocycles. The lowest BCUT2D eigenvalue weighted by molar-refractivity contribution is -0.123. The summed E-state index contributed by atoms with van der Waals surface area (Å²) in [5, 5.41) is 11.0. The Hall–Kier alpha value is -2.22. The van der Waals surface area contributed by atoms with E-state index in [1.165, 1.54) is 7.11 Å². The molecular weight excluding hydrogens is 220 g/mol. The number of ether oxygens (including phenoxy) is 2. The first kappa shape index (κ1) is 12.8. The van der Waals surface area contributed by atoms with Crippen molar-refractivity contribution in [3.8, 4) is 17.6 Å². The molecule has 0 bridgehead atoms.